The Morgan fingerprint density at radius 1 is 1.29 bits per heavy atom. The van der Waals surface area contributed by atoms with Crippen LogP contribution >= 0.6 is 24.8 Å². The van der Waals surface area contributed by atoms with Gasteiger partial charge in [0.15, 0.2) is 11.5 Å². The van der Waals surface area contributed by atoms with Crippen molar-refractivity contribution in [3.8, 4) is 0 Å². The fourth-order valence-corrected chi connectivity index (χ4v) is 3.87. The summed E-state index contributed by atoms with van der Waals surface area (Å²) in [6, 6.07) is 6.06. The van der Waals surface area contributed by atoms with Crippen LogP contribution in [-0.2, 0) is 4.79 Å². The number of fused-ring (bicyclic) bond motifs is 2. The summed E-state index contributed by atoms with van der Waals surface area (Å²) in [5.41, 5.74) is 2.30. The summed E-state index contributed by atoms with van der Waals surface area (Å²) in [6.45, 7) is 1.82. The molecule has 132 valence electrons. The summed E-state index contributed by atoms with van der Waals surface area (Å²) in [7, 11) is 0. The van der Waals surface area contributed by atoms with Gasteiger partial charge in [0.05, 0.1) is 6.04 Å². The molecule has 24 heavy (non-hydrogen) atoms. The molecule has 7 heteroatoms. The molecule has 1 aliphatic heterocycles. The second kappa shape index (κ2) is 7.72. The molecule has 4 rings (SSSR count). The minimum Gasteiger partial charge on any atom is -0.441 e. The molecule has 3 unspecified atom stereocenters. The molecule has 0 radical (unpaired) electrons. The van der Waals surface area contributed by atoms with Crippen LogP contribution < -0.4 is 10.6 Å². The predicted octanol–water partition coefficient (Wildman–Crippen LogP) is 3.84. The minimum atomic E-state index is -0.0692. The standard InChI is InChI=1S/C17H21N3O2.2ClH/c1-10-18-14-7-6-12(9-16(14)22-10)19-17(21)15-8-11-4-2-3-5-13(11)20-15;;/h6-7,9,11,13,15,20H,2-5,8H2,1H3,(H,19,21);2*1H. The first-order chi connectivity index (χ1) is 10.7. The van der Waals surface area contributed by atoms with Gasteiger partial charge in [-0.15, -0.1) is 24.8 Å². The molecule has 1 aliphatic carbocycles. The number of carbonyl (C=O) groups excluding carboxylic acids is 1. The van der Waals surface area contributed by atoms with Crippen LogP contribution in [0.3, 0.4) is 0 Å². The van der Waals surface area contributed by atoms with Crippen molar-refractivity contribution in [1.82, 2.24) is 10.3 Å². The third-order valence-corrected chi connectivity index (χ3v) is 4.94. The number of carbonyl (C=O) groups is 1. The number of hydrogen-bond donors (Lipinski definition) is 2. The zero-order valence-corrected chi connectivity index (χ0v) is 15.2. The van der Waals surface area contributed by atoms with Crippen molar-refractivity contribution in [2.24, 2.45) is 5.92 Å². The summed E-state index contributed by atoms with van der Waals surface area (Å²) < 4.78 is 5.51. The molecule has 3 atom stereocenters. The Labute approximate surface area is 153 Å². The molecule has 2 aliphatic rings. The van der Waals surface area contributed by atoms with E-state index >= 15 is 0 Å². The molecule has 1 saturated heterocycles. The van der Waals surface area contributed by atoms with Gasteiger partial charge in [-0.1, -0.05) is 12.8 Å². The molecule has 1 amide bonds. The third kappa shape index (κ3) is 3.68. The number of oxazole rings is 1. The maximum atomic E-state index is 12.5. The summed E-state index contributed by atoms with van der Waals surface area (Å²) in [5.74, 6) is 1.37. The number of benzene rings is 1. The molecule has 5 nitrogen and oxygen atoms in total. The van der Waals surface area contributed by atoms with E-state index in [0.717, 1.165) is 17.6 Å². The smallest absolute Gasteiger partial charge is 0.241 e. The first-order valence-corrected chi connectivity index (χ1v) is 8.13. The first-order valence-electron chi connectivity index (χ1n) is 8.13. The first kappa shape index (κ1) is 19.0. The van der Waals surface area contributed by atoms with Gasteiger partial charge in [-0.25, -0.2) is 4.98 Å². The van der Waals surface area contributed by atoms with E-state index in [1.54, 1.807) is 0 Å². The van der Waals surface area contributed by atoms with E-state index in [9.17, 15) is 4.79 Å². The number of hydrogen-bond acceptors (Lipinski definition) is 4. The van der Waals surface area contributed by atoms with Gasteiger partial charge in [0.1, 0.15) is 5.52 Å². The monoisotopic (exact) mass is 371 g/mol. The van der Waals surface area contributed by atoms with Crippen molar-refractivity contribution in [2.75, 3.05) is 5.32 Å². The van der Waals surface area contributed by atoms with Gasteiger partial charge in [0, 0.05) is 24.7 Å². The normalized spacial score (nSPS) is 25.5. The maximum absolute atomic E-state index is 12.5. The van der Waals surface area contributed by atoms with Gasteiger partial charge < -0.3 is 15.1 Å². The topological polar surface area (TPSA) is 67.2 Å². The summed E-state index contributed by atoms with van der Waals surface area (Å²) in [6.07, 6.45) is 6.01. The Morgan fingerprint density at radius 3 is 2.88 bits per heavy atom. The van der Waals surface area contributed by atoms with Crippen LogP contribution in [0.15, 0.2) is 22.6 Å². The van der Waals surface area contributed by atoms with Crippen LogP contribution in [0.1, 0.15) is 38.0 Å². The lowest BCUT2D eigenvalue weighted by atomic mass is 9.85. The fourth-order valence-electron chi connectivity index (χ4n) is 3.87. The Morgan fingerprint density at radius 2 is 2.08 bits per heavy atom. The summed E-state index contributed by atoms with van der Waals surface area (Å²) >= 11 is 0. The second-order valence-corrected chi connectivity index (χ2v) is 6.51. The van der Waals surface area contributed by atoms with Crippen LogP contribution in [0.4, 0.5) is 5.69 Å². The highest BCUT2D eigenvalue weighted by Crippen LogP contribution is 2.33. The number of amides is 1. The predicted molar refractivity (Wildman–Crippen MR) is 99.2 cm³/mol. The van der Waals surface area contributed by atoms with Crippen LogP contribution in [-0.4, -0.2) is 23.0 Å². The van der Waals surface area contributed by atoms with Gasteiger partial charge in [0.2, 0.25) is 5.91 Å². The highest BCUT2D eigenvalue weighted by Gasteiger charge is 2.38. The van der Waals surface area contributed by atoms with E-state index < -0.39 is 0 Å². The molecule has 1 aromatic heterocycles. The fraction of sp³-hybridized carbons (Fsp3) is 0.529. The molecule has 2 aromatic rings. The van der Waals surface area contributed by atoms with Gasteiger partial charge in [0.25, 0.3) is 0 Å². The largest absolute Gasteiger partial charge is 0.441 e. The van der Waals surface area contributed by atoms with Crippen molar-refractivity contribution in [1.29, 1.82) is 0 Å². The number of anilines is 1. The second-order valence-electron chi connectivity index (χ2n) is 6.51. The molecule has 0 bridgehead atoms. The quantitative estimate of drug-likeness (QED) is 0.841. The SMILES string of the molecule is Cc1nc2ccc(NC(=O)C3CC4CCCCC4N3)cc2o1.Cl.Cl. The van der Waals surface area contributed by atoms with Crippen LogP contribution in [0.25, 0.3) is 11.1 Å². The molecular formula is C17H23Cl2N3O2. The molecule has 2 fully saturated rings. The molecule has 2 heterocycles. The Hall–Kier alpha value is -1.30. The number of aromatic nitrogens is 1. The van der Waals surface area contributed by atoms with E-state index in [-0.39, 0.29) is 36.8 Å². The molecule has 2 N–H and O–H groups in total. The molecule has 0 spiro atoms. The number of aryl methyl sites for hydroxylation is 1. The van der Waals surface area contributed by atoms with Crippen molar-refractivity contribution in [3.63, 3.8) is 0 Å². The average Bonchev–Trinajstić information content (AvgIpc) is 3.08. The van der Waals surface area contributed by atoms with Crippen molar-refractivity contribution in [3.05, 3.63) is 24.1 Å². The number of nitrogens with zero attached hydrogens (tertiary/aromatic N) is 1. The van der Waals surface area contributed by atoms with E-state index in [1.807, 2.05) is 25.1 Å². The van der Waals surface area contributed by atoms with E-state index in [4.69, 9.17) is 4.42 Å². The van der Waals surface area contributed by atoms with Crippen LogP contribution in [0.5, 0.6) is 0 Å². The van der Waals surface area contributed by atoms with E-state index in [2.05, 4.69) is 15.6 Å². The lowest BCUT2D eigenvalue weighted by Gasteiger charge is -2.24. The Bertz CT molecular complexity index is 705. The molecule has 1 saturated carbocycles. The maximum Gasteiger partial charge on any atom is 0.241 e. The Balaban J connectivity index is 0.00000104. The molecular weight excluding hydrogens is 349 g/mol. The zero-order chi connectivity index (χ0) is 15.1. The van der Waals surface area contributed by atoms with Gasteiger partial charge in [-0.05, 0) is 37.3 Å². The van der Waals surface area contributed by atoms with Gasteiger partial charge in [-0.3, -0.25) is 4.79 Å². The average molecular weight is 372 g/mol. The summed E-state index contributed by atoms with van der Waals surface area (Å²) in [5, 5.41) is 6.51. The number of rotatable bonds is 2. The van der Waals surface area contributed by atoms with Gasteiger partial charge in [-0.2, -0.15) is 0 Å². The number of nitrogens with one attached hydrogen (secondary N) is 2. The number of halogens is 2. The lowest BCUT2D eigenvalue weighted by Crippen LogP contribution is -2.39. The van der Waals surface area contributed by atoms with Crippen LogP contribution in [0, 0.1) is 12.8 Å². The van der Waals surface area contributed by atoms with E-state index in [1.165, 1.54) is 25.7 Å². The van der Waals surface area contributed by atoms with Crippen molar-refractivity contribution in [2.45, 2.75) is 51.1 Å². The van der Waals surface area contributed by atoms with Crippen molar-refractivity contribution < 1.29 is 9.21 Å². The Kier molecular flexibility index (Phi) is 6.12. The van der Waals surface area contributed by atoms with Gasteiger partial charge >= 0.3 is 0 Å². The highest BCUT2D eigenvalue weighted by molar-refractivity contribution is 5.96. The highest BCUT2D eigenvalue weighted by atomic mass is 35.5. The van der Waals surface area contributed by atoms with Crippen molar-refractivity contribution >= 4 is 47.5 Å². The van der Waals surface area contributed by atoms with Crippen LogP contribution in [0.2, 0.25) is 0 Å². The summed E-state index contributed by atoms with van der Waals surface area (Å²) in [4.78, 5) is 16.7. The third-order valence-electron chi connectivity index (χ3n) is 4.94. The minimum absolute atomic E-state index is 0. The lowest BCUT2D eigenvalue weighted by molar-refractivity contribution is -0.117. The molecule has 1 aromatic carbocycles. The zero-order valence-electron chi connectivity index (χ0n) is 13.6. The van der Waals surface area contributed by atoms with E-state index in [0.29, 0.717) is 23.4 Å².